The summed E-state index contributed by atoms with van der Waals surface area (Å²) in [7, 11) is 4.32. The summed E-state index contributed by atoms with van der Waals surface area (Å²) in [6.45, 7) is 4.74. The van der Waals surface area contributed by atoms with E-state index in [1.165, 1.54) is 14.2 Å². The van der Waals surface area contributed by atoms with Crippen LogP contribution in [0.25, 0.3) is 6.08 Å². The molecule has 1 aliphatic rings. The molecule has 1 saturated heterocycles. The van der Waals surface area contributed by atoms with Gasteiger partial charge in [0.1, 0.15) is 0 Å². The number of oxazole rings is 1. The van der Waals surface area contributed by atoms with Gasteiger partial charge in [-0.2, -0.15) is 4.98 Å². The van der Waals surface area contributed by atoms with Crippen LogP contribution >= 0.6 is 0 Å². The monoisotopic (exact) mass is 445 g/mol. The van der Waals surface area contributed by atoms with Gasteiger partial charge in [0.25, 0.3) is 0 Å². The summed E-state index contributed by atoms with van der Waals surface area (Å²) < 4.78 is 33.3. The van der Waals surface area contributed by atoms with E-state index in [-0.39, 0.29) is 47.9 Å². The molecule has 0 bridgehead atoms. The van der Waals surface area contributed by atoms with Crippen LogP contribution in [0, 0.1) is 11.8 Å². The molecule has 1 fully saturated rings. The van der Waals surface area contributed by atoms with Gasteiger partial charge in [-0.1, -0.05) is 50.3 Å². The molecule has 174 valence electrons. The van der Waals surface area contributed by atoms with Gasteiger partial charge in [0.2, 0.25) is 11.6 Å². The number of carbonyl (C=O) groups is 1. The summed E-state index contributed by atoms with van der Waals surface area (Å²) in [6.07, 6.45) is 3.66. The van der Waals surface area contributed by atoms with Crippen LogP contribution in [0.1, 0.15) is 42.2 Å². The lowest BCUT2D eigenvalue weighted by Gasteiger charge is -2.43. The number of hydrogen-bond acceptors (Lipinski definition) is 8. The SMILES string of the molecule is COC(=O)c1nc(/C=C/C[C@H]2O[C@H](OC)[C@H](C)[C@@H](OCc3ccccc3)[C@H]2C)oc1OC. The molecule has 32 heavy (non-hydrogen) atoms. The molecule has 0 N–H and O–H groups in total. The molecule has 2 aromatic rings. The summed E-state index contributed by atoms with van der Waals surface area (Å²) in [5.41, 5.74) is 1.13. The lowest BCUT2D eigenvalue weighted by Crippen LogP contribution is -2.50. The molecule has 0 aliphatic carbocycles. The van der Waals surface area contributed by atoms with E-state index in [1.54, 1.807) is 13.2 Å². The van der Waals surface area contributed by atoms with E-state index < -0.39 is 5.97 Å². The van der Waals surface area contributed by atoms with Crippen LogP contribution in [0.3, 0.4) is 0 Å². The molecule has 0 saturated carbocycles. The van der Waals surface area contributed by atoms with Crippen molar-refractivity contribution in [2.75, 3.05) is 21.3 Å². The fraction of sp³-hybridized carbons (Fsp3) is 0.500. The standard InChI is InChI=1S/C24H31NO7/c1-15-18(12-9-13-19-25-20(22(26)27-3)24(29-5)32-19)31-23(28-4)16(2)21(15)30-14-17-10-7-6-8-11-17/h6-11,13,15-16,18,21,23H,12,14H2,1-5H3/b13-9+/t15-,16+,18+,21-,23-/m0/s1. The highest BCUT2D eigenvalue weighted by Gasteiger charge is 2.41. The molecular weight excluding hydrogens is 414 g/mol. The number of hydrogen-bond donors (Lipinski definition) is 0. The molecule has 0 spiro atoms. The Morgan fingerprint density at radius 1 is 1.12 bits per heavy atom. The van der Waals surface area contributed by atoms with Crippen LogP contribution in [-0.2, 0) is 25.6 Å². The summed E-state index contributed by atoms with van der Waals surface area (Å²) in [6, 6.07) is 10.1. The molecule has 3 rings (SSSR count). The Balaban J connectivity index is 1.67. The number of aromatic nitrogens is 1. The van der Waals surface area contributed by atoms with E-state index in [0.717, 1.165) is 5.56 Å². The van der Waals surface area contributed by atoms with Gasteiger partial charge >= 0.3 is 11.9 Å². The van der Waals surface area contributed by atoms with Crippen LogP contribution in [0.15, 0.2) is 40.8 Å². The van der Waals surface area contributed by atoms with E-state index in [2.05, 4.69) is 31.0 Å². The van der Waals surface area contributed by atoms with E-state index in [1.807, 2.05) is 24.3 Å². The molecule has 0 unspecified atom stereocenters. The zero-order valence-corrected chi connectivity index (χ0v) is 19.1. The second kappa shape index (κ2) is 11.3. The molecule has 8 heteroatoms. The summed E-state index contributed by atoms with van der Waals surface area (Å²) in [5, 5.41) is 0. The summed E-state index contributed by atoms with van der Waals surface area (Å²) in [5.74, 6) is -0.141. The van der Waals surface area contributed by atoms with Crippen molar-refractivity contribution in [3.63, 3.8) is 0 Å². The van der Waals surface area contributed by atoms with Gasteiger partial charge in [-0.25, -0.2) is 4.79 Å². The largest absolute Gasteiger partial charge is 0.467 e. The highest BCUT2D eigenvalue weighted by Crippen LogP contribution is 2.35. The lowest BCUT2D eigenvalue weighted by atomic mass is 9.84. The van der Waals surface area contributed by atoms with Gasteiger partial charge in [-0.15, -0.1) is 0 Å². The number of ether oxygens (including phenoxy) is 5. The first-order valence-corrected chi connectivity index (χ1v) is 10.6. The third kappa shape index (κ3) is 5.56. The van der Waals surface area contributed by atoms with Gasteiger partial charge in [-0.3, -0.25) is 0 Å². The van der Waals surface area contributed by atoms with E-state index in [0.29, 0.717) is 13.0 Å². The first-order chi connectivity index (χ1) is 15.5. The zero-order valence-electron chi connectivity index (χ0n) is 19.1. The second-order valence-electron chi connectivity index (χ2n) is 7.78. The van der Waals surface area contributed by atoms with Crippen molar-refractivity contribution in [2.24, 2.45) is 11.8 Å². The number of benzene rings is 1. The Labute approximate surface area is 188 Å². The van der Waals surface area contributed by atoms with E-state index in [4.69, 9.17) is 28.1 Å². The Kier molecular flexibility index (Phi) is 8.44. The molecule has 1 aromatic heterocycles. The fourth-order valence-corrected chi connectivity index (χ4v) is 3.94. The van der Waals surface area contributed by atoms with E-state index in [9.17, 15) is 4.79 Å². The smallest absolute Gasteiger partial charge is 0.364 e. The summed E-state index contributed by atoms with van der Waals surface area (Å²) >= 11 is 0. The second-order valence-corrected chi connectivity index (χ2v) is 7.78. The highest BCUT2D eigenvalue weighted by molar-refractivity contribution is 5.89. The normalized spacial score (nSPS) is 25.7. The van der Waals surface area contributed by atoms with Gasteiger partial charge < -0.3 is 28.1 Å². The maximum absolute atomic E-state index is 11.8. The van der Waals surface area contributed by atoms with Crippen molar-refractivity contribution in [1.29, 1.82) is 0 Å². The van der Waals surface area contributed by atoms with Crippen LogP contribution in [0.5, 0.6) is 5.95 Å². The fourth-order valence-electron chi connectivity index (χ4n) is 3.94. The number of methoxy groups -OCH3 is 3. The molecular formula is C24H31NO7. The van der Waals surface area contributed by atoms with Crippen molar-refractivity contribution < 1.29 is 32.9 Å². The number of rotatable bonds is 9. The quantitative estimate of drug-likeness (QED) is 0.533. The van der Waals surface area contributed by atoms with Crippen molar-refractivity contribution in [3.8, 4) is 5.95 Å². The molecule has 1 aliphatic heterocycles. The van der Waals surface area contributed by atoms with E-state index >= 15 is 0 Å². The Morgan fingerprint density at radius 2 is 1.88 bits per heavy atom. The average Bonchev–Trinajstić information content (AvgIpc) is 3.24. The topological polar surface area (TPSA) is 89.3 Å². The molecule has 1 aromatic carbocycles. The average molecular weight is 446 g/mol. The molecule has 2 heterocycles. The lowest BCUT2D eigenvalue weighted by molar-refractivity contribution is -0.261. The Morgan fingerprint density at radius 3 is 2.53 bits per heavy atom. The number of nitrogens with zero attached hydrogens (tertiary/aromatic N) is 1. The Bertz CT molecular complexity index is 895. The third-order valence-corrected chi connectivity index (χ3v) is 5.68. The Hall–Kier alpha value is -2.68. The maximum atomic E-state index is 11.8. The summed E-state index contributed by atoms with van der Waals surface area (Å²) in [4.78, 5) is 15.9. The first-order valence-electron chi connectivity index (χ1n) is 10.6. The minimum Gasteiger partial charge on any atom is -0.467 e. The number of carbonyl (C=O) groups excluding carboxylic acids is 1. The van der Waals surface area contributed by atoms with Crippen LogP contribution < -0.4 is 4.74 Å². The van der Waals surface area contributed by atoms with Crippen molar-refractivity contribution in [2.45, 2.75) is 45.4 Å². The first kappa shape index (κ1) is 24.0. The van der Waals surface area contributed by atoms with Crippen LogP contribution in [0.2, 0.25) is 0 Å². The highest BCUT2D eigenvalue weighted by atomic mass is 16.7. The molecule has 5 atom stereocenters. The molecule has 0 radical (unpaired) electrons. The molecule has 0 amide bonds. The van der Waals surface area contributed by atoms with Crippen molar-refractivity contribution in [3.05, 3.63) is 53.6 Å². The maximum Gasteiger partial charge on any atom is 0.364 e. The van der Waals surface area contributed by atoms with Crippen LogP contribution in [-0.4, -0.2) is 50.8 Å². The minimum atomic E-state index is -0.621. The van der Waals surface area contributed by atoms with Crippen molar-refractivity contribution >= 4 is 12.0 Å². The van der Waals surface area contributed by atoms with Gasteiger partial charge in [0.15, 0.2) is 6.29 Å². The molecule has 8 nitrogen and oxygen atoms in total. The van der Waals surface area contributed by atoms with Crippen molar-refractivity contribution in [1.82, 2.24) is 4.98 Å². The van der Waals surface area contributed by atoms with Gasteiger partial charge in [0, 0.05) is 18.9 Å². The third-order valence-electron chi connectivity index (χ3n) is 5.68. The van der Waals surface area contributed by atoms with Gasteiger partial charge in [0.05, 0.1) is 33.0 Å². The van der Waals surface area contributed by atoms with Crippen LogP contribution in [0.4, 0.5) is 0 Å². The van der Waals surface area contributed by atoms with Gasteiger partial charge in [-0.05, 0) is 18.1 Å². The zero-order chi connectivity index (χ0) is 23.1. The number of esters is 1. The predicted molar refractivity (Wildman–Crippen MR) is 117 cm³/mol. The minimum absolute atomic E-state index is 0.000387. The predicted octanol–water partition coefficient (Wildman–Crippen LogP) is 4.10.